The predicted octanol–water partition coefficient (Wildman–Crippen LogP) is 2.57. The van der Waals surface area contributed by atoms with Crippen LogP contribution in [0.1, 0.15) is 28.9 Å². The van der Waals surface area contributed by atoms with E-state index in [1.165, 1.54) is 19.4 Å². The molecular formula is C21H28N4O2S. The summed E-state index contributed by atoms with van der Waals surface area (Å²) in [6, 6.07) is 8.13. The summed E-state index contributed by atoms with van der Waals surface area (Å²) in [6.45, 7) is 6.29. The maximum Gasteiger partial charge on any atom is 0.254 e. The average Bonchev–Trinajstić information content (AvgIpc) is 3.26. The number of piperazine rings is 1. The molecule has 0 N–H and O–H groups in total. The van der Waals surface area contributed by atoms with Gasteiger partial charge in [-0.3, -0.25) is 9.69 Å². The van der Waals surface area contributed by atoms with Crippen molar-refractivity contribution in [1.82, 2.24) is 19.7 Å². The van der Waals surface area contributed by atoms with Gasteiger partial charge < -0.3 is 14.5 Å². The van der Waals surface area contributed by atoms with E-state index in [1.807, 2.05) is 34.5 Å². The highest BCUT2D eigenvalue weighted by molar-refractivity contribution is 7.07. The van der Waals surface area contributed by atoms with Crippen LogP contribution in [0.3, 0.4) is 0 Å². The number of likely N-dealkylation sites (tertiary alicyclic amines) is 1. The van der Waals surface area contributed by atoms with Crippen LogP contribution in [0.5, 0.6) is 5.75 Å². The van der Waals surface area contributed by atoms with Crippen molar-refractivity contribution in [2.24, 2.45) is 0 Å². The summed E-state index contributed by atoms with van der Waals surface area (Å²) in [4.78, 5) is 24.1. The van der Waals surface area contributed by atoms with E-state index in [2.05, 4.69) is 21.8 Å². The van der Waals surface area contributed by atoms with E-state index in [-0.39, 0.29) is 5.91 Å². The van der Waals surface area contributed by atoms with Crippen LogP contribution in [-0.4, -0.2) is 77.9 Å². The minimum Gasteiger partial charge on any atom is -0.487 e. The lowest BCUT2D eigenvalue weighted by atomic mass is 10.0. The van der Waals surface area contributed by atoms with Gasteiger partial charge in [0.25, 0.3) is 5.91 Å². The largest absolute Gasteiger partial charge is 0.487 e. The lowest BCUT2D eigenvalue weighted by Crippen LogP contribution is -2.55. The Hall–Kier alpha value is -1.96. The van der Waals surface area contributed by atoms with Gasteiger partial charge in [0.2, 0.25) is 0 Å². The predicted molar refractivity (Wildman–Crippen MR) is 111 cm³/mol. The molecule has 28 heavy (non-hydrogen) atoms. The van der Waals surface area contributed by atoms with Crippen LogP contribution in [0.2, 0.25) is 0 Å². The SMILES string of the molecule is CN1CCCC(N2CCN(C(=O)c3cccc(OCc4cscn4)c3)CC2)C1. The second-order valence-electron chi connectivity index (χ2n) is 7.68. The van der Waals surface area contributed by atoms with Gasteiger partial charge in [0.15, 0.2) is 0 Å². The highest BCUT2D eigenvalue weighted by Gasteiger charge is 2.28. The molecule has 0 spiro atoms. The molecule has 1 unspecified atom stereocenters. The lowest BCUT2D eigenvalue weighted by molar-refractivity contribution is 0.0452. The molecule has 1 amide bonds. The number of carbonyl (C=O) groups excluding carboxylic acids is 1. The molecule has 2 saturated heterocycles. The number of thiazole rings is 1. The molecule has 2 aromatic rings. The zero-order valence-corrected chi connectivity index (χ0v) is 17.2. The number of hydrogen-bond acceptors (Lipinski definition) is 6. The van der Waals surface area contributed by atoms with Gasteiger partial charge in [0.05, 0.1) is 11.2 Å². The summed E-state index contributed by atoms with van der Waals surface area (Å²) in [5.74, 6) is 0.808. The van der Waals surface area contributed by atoms with Crippen LogP contribution in [0, 0.1) is 0 Å². The van der Waals surface area contributed by atoms with E-state index in [0.29, 0.717) is 24.0 Å². The Bertz CT molecular complexity index is 774. The van der Waals surface area contributed by atoms with E-state index in [4.69, 9.17) is 4.74 Å². The summed E-state index contributed by atoms with van der Waals surface area (Å²) >= 11 is 1.55. The van der Waals surface area contributed by atoms with Crippen LogP contribution >= 0.6 is 11.3 Å². The van der Waals surface area contributed by atoms with Gasteiger partial charge in [-0.15, -0.1) is 11.3 Å². The number of rotatable bonds is 5. The Morgan fingerprint density at radius 3 is 2.86 bits per heavy atom. The third-order valence-electron chi connectivity index (χ3n) is 5.67. The fraction of sp³-hybridized carbons (Fsp3) is 0.524. The zero-order valence-electron chi connectivity index (χ0n) is 16.4. The Morgan fingerprint density at radius 2 is 2.11 bits per heavy atom. The minimum absolute atomic E-state index is 0.0968. The minimum atomic E-state index is 0.0968. The van der Waals surface area contributed by atoms with E-state index in [9.17, 15) is 4.79 Å². The van der Waals surface area contributed by atoms with Gasteiger partial charge in [0.1, 0.15) is 12.4 Å². The fourth-order valence-electron chi connectivity index (χ4n) is 4.09. The fourth-order valence-corrected chi connectivity index (χ4v) is 4.64. The number of ether oxygens (including phenoxy) is 1. The maximum atomic E-state index is 13.0. The number of nitrogens with zero attached hydrogens (tertiary/aromatic N) is 4. The first-order chi connectivity index (χ1) is 13.7. The first-order valence-electron chi connectivity index (χ1n) is 10.0. The average molecular weight is 401 g/mol. The molecule has 2 aliphatic heterocycles. The summed E-state index contributed by atoms with van der Waals surface area (Å²) < 4.78 is 5.80. The second kappa shape index (κ2) is 9.03. The number of aromatic nitrogens is 1. The lowest BCUT2D eigenvalue weighted by Gasteiger charge is -2.42. The number of piperidine rings is 1. The molecule has 3 heterocycles. The van der Waals surface area contributed by atoms with Gasteiger partial charge in [-0.25, -0.2) is 4.98 Å². The van der Waals surface area contributed by atoms with Crippen LogP contribution in [0.4, 0.5) is 0 Å². The van der Waals surface area contributed by atoms with Crippen molar-refractivity contribution in [2.45, 2.75) is 25.5 Å². The summed E-state index contributed by atoms with van der Waals surface area (Å²) in [5, 5.41) is 1.97. The third-order valence-corrected chi connectivity index (χ3v) is 6.30. The van der Waals surface area contributed by atoms with E-state index in [0.717, 1.165) is 38.4 Å². The highest BCUT2D eigenvalue weighted by Crippen LogP contribution is 2.20. The van der Waals surface area contributed by atoms with Crippen LogP contribution < -0.4 is 4.74 Å². The molecular weight excluding hydrogens is 372 g/mol. The Balaban J connectivity index is 1.31. The topological polar surface area (TPSA) is 48.9 Å². The molecule has 7 heteroatoms. The Kier molecular flexibility index (Phi) is 6.24. The molecule has 6 nitrogen and oxygen atoms in total. The molecule has 0 saturated carbocycles. The van der Waals surface area contributed by atoms with Gasteiger partial charge in [-0.05, 0) is 44.6 Å². The third kappa shape index (κ3) is 4.71. The van der Waals surface area contributed by atoms with Crippen LogP contribution in [0.15, 0.2) is 35.2 Å². The molecule has 2 fully saturated rings. The number of carbonyl (C=O) groups is 1. The first-order valence-corrected chi connectivity index (χ1v) is 10.9. The molecule has 0 radical (unpaired) electrons. The molecule has 0 bridgehead atoms. The van der Waals surface area contributed by atoms with Gasteiger partial charge >= 0.3 is 0 Å². The number of benzene rings is 1. The maximum absolute atomic E-state index is 13.0. The van der Waals surface area contributed by atoms with Gasteiger partial charge in [-0.1, -0.05) is 6.07 Å². The molecule has 4 rings (SSSR count). The molecule has 1 aromatic heterocycles. The van der Waals surface area contributed by atoms with Crippen molar-refractivity contribution >= 4 is 17.2 Å². The molecule has 1 aromatic carbocycles. The van der Waals surface area contributed by atoms with E-state index >= 15 is 0 Å². The standard InChI is InChI=1S/C21H28N4O2S/c1-23-7-3-5-19(13-23)24-8-10-25(11-9-24)21(26)17-4-2-6-20(12-17)27-14-18-15-28-16-22-18/h2,4,6,12,15-16,19H,3,5,7-11,13-14H2,1H3. The molecule has 150 valence electrons. The van der Waals surface area contributed by atoms with Crippen molar-refractivity contribution in [1.29, 1.82) is 0 Å². The monoisotopic (exact) mass is 400 g/mol. The Labute approximate surface area is 170 Å². The van der Waals surface area contributed by atoms with E-state index in [1.54, 1.807) is 16.8 Å². The van der Waals surface area contributed by atoms with Crippen LogP contribution in [0.25, 0.3) is 0 Å². The summed E-state index contributed by atoms with van der Waals surface area (Å²) in [5.41, 5.74) is 3.40. The molecule has 2 aliphatic rings. The number of amides is 1. The zero-order chi connectivity index (χ0) is 19.3. The summed E-state index contributed by atoms with van der Waals surface area (Å²) in [6.07, 6.45) is 2.55. The quantitative estimate of drug-likeness (QED) is 0.772. The number of likely N-dealkylation sites (N-methyl/N-ethyl adjacent to an activating group) is 1. The molecule has 1 atom stereocenters. The second-order valence-corrected chi connectivity index (χ2v) is 8.40. The van der Waals surface area contributed by atoms with Crippen molar-refractivity contribution in [3.05, 3.63) is 46.4 Å². The Morgan fingerprint density at radius 1 is 1.25 bits per heavy atom. The van der Waals surface area contributed by atoms with Crippen molar-refractivity contribution in [3.8, 4) is 5.75 Å². The number of hydrogen-bond donors (Lipinski definition) is 0. The van der Waals surface area contributed by atoms with Gasteiger partial charge in [0, 0.05) is 49.7 Å². The highest BCUT2D eigenvalue weighted by atomic mass is 32.1. The van der Waals surface area contributed by atoms with Crippen molar-refractivity contribution in [3.63, 3.8) is 0 Å². The van der Waals surface area contributed by atoms with E-state index < -0.39 is 0 Å². The molecule has 0 aliphatic carbocycles. The normalized spacial score (nSPS) is 21.6. The van der Waals surface area contributed by atoms with Crippen molar-refractivity contribution < 1.29 is 9.53 Å². The van der Waals surface area contributed by atoms with Crippen molar-refractivity contribution in [2.75, 3.05) is 46.3 Å². The van der Waals surface area contributed by atoms with Gasteiger partial charge in [-0.2, -0.15) is 0 Å². The summed E-state index contributed by atoms with van der Waals surface area (Å²) in [7, 11) is 2.20. The first kappa shape index (κ1) is 19.4. The smallest absolute Gasteiger partial charge is 0.254 e. The van der Waals surface area contributed by atoms with Crippen LogP contribution in [-0.2, 0) is 6.61 Å².